The Morgan fingerprint density at radius 2 is 2.36 bits per heavy atom. The summed E-state index contributed by atoms with van der Waals surface area (Å²) in [5, 5.41) is 0. The summed E-state index contributed by atoms with van der Waals surface area (Å²) in [7, 11) is 0. The van der Waals surface area contributed by atoms with Crippen molar-refractivity contribution in [1.82, 2.24) is 0 Å². The van der Waals surface area contributed by atoms with E-state index < -0.39 is 4.84 Å². The van der Waals surface area contributed by atoms with Crippen LogP contribution in [-0.4, -0.2) is 10.6 Å². The zero-order valence-corrected chi connectivity index (χ0v) is 7.40. The van der Waals surface area contributed by atoms with Gasteiger partial charge in [0, 0.05) is 12.3 Å². The average molecular weight is 191 g/mol. The van der Waals surface area contributed by atoms with Crippen LogP contribution in [0.15, 0.2) is 12.2 Å². The number of allylic oxidation sites excluding steroid dienone is 2. The maximum absolute atomic E-state index is 11.1. The van der Waals surface area contributed by atoms with Gasteiger partial charge in [0.15, 0.2) is 10.6 Å². The van der Waals surface area contributed by atoms with Crippen molar-refractivity contribution >= 4 is 29.0 Å². The van der Waals surface area contributed by atoms with Gasteiger partial charge in [0.05, 0.1) is 0 Å². The molecule has 3 heteroatoms. The van der Waals surface area contributed by atoms with E-state index in [0.717, 1.165) is 12.8 Å². The highest BCUT2D eigenvalue weighted by Crippen LogP contribution is 2.22. The number of ketones is 1. The topological polar surface area (TPSA) is 17.1 Å². The van der Waals surface area contributed by atoms with E-state index in [1.54, 1.807) is 6.08 Å². The van der Waals surface area contributed by atoms with Crippen LogP contribution in [0, 0.1) is 12.3 Å². The zero-order chi connectivity index (χ0) is 8.27. The van der Waals surface area contributed by atoms with Crippen LogP contribution >= 0.6 is 23.2 Å². The Kier molecular flexibility index (Phi) is 3.41. The Morgan fingerprint density at radius 1 is 1.64 bits per heavy atom. The minimum atomic E-state index is -0.904. The lowest BCUT2D eigenvalue weighted by Gasteiger charge is -2.15. The third kappa shape index (κ3) is 2.49. The number of carbonyl (C=O) groups is 1. The number of halogens is 2. The van der Waals surface area contributed by atoms with Gasteiger partial charge >= 0.3 is 0 Å². The minimum absolute atomic E-state index is 0.141. The minimum Gasteiger partial charge on any atom is -0.296 e. The summed E-state index contributed by atoms with van der Waals surface area (Å²) in [6.07, 6.45) is 8.33. The normalized spacial score (nSPS) is 24.1. The molecule has 0 aromatic rings. The summed E-state index contributed by atoms with van der Waals surface area (Å²) in [6.45, 7) is 0. The maximum Gasteiger partial charge on any atom is 0.169 e. The molecule has 0 N–H and O–H groups in total. The highest BCUT2D eigenvalue weighted by Gasteiger charge is 2.23. The predicted octanol–water partition coefficient (Wildman–Crippen LogP) is 2.41. The summed E-state index contributed by atoms with van der Waals surface area (Å²) in [6, 6.07) is 0. The van der Waals surface area contributed by atoms with Crippen molar-refractivity contribution in [2.75, 3.05) is 0 Å². The molecule has 1 aliphatic rings. The fraction of sp³-hybridized carbons (Fsp3) is 0.500. The molecule has 0 saturated carbocycles. The molecule has 1 rings (SSSR count). The molecule has 0 bridgehead atoms. The van der Waals surface area contributed by atoms with E-state index >= 15 is 0 Å². The molecule has 0 aromatic carbocycles. The van der Waals surface area contributed by atoms with Crippen LogP contribution < -0.4 is 0 Å². The number of hydrogen-bond acceptors (Lipinski definition) is 1. The molecule has 0 fully saturated rings. The van der Waals surface area contributed by atoms with Crippen molar-refractivity contribution in [3.63, 3.8) is 0 Å². The van der Waals surface area contributed by atoms with Gasteiger partial charge < -0.3 is 0 Å². The third-order valence-corrected chi connectivity index (χ3v) is 2.03. The Balaban J connectivity index is 2.47. The standard InChI is InChI=1S/C8H8Cl2O/c9-8(10)7(11)6-4-2-1-3-5-6/h1-2,6,8H,3,5H2. The fourth-order valence-corrected chi connectivity index (χ4v) is 1.29. The van der Waals surface area contributed by atoms with Crippen molar-refractivity contribution in [2.45, 2.75) is 17.7 Å². The lowest BCUT2D eigenvalue weighted by molar-refractivity contribution is -0.120. The van der Waals surface area contributed by atoms with Gasteiger partial charge in [-0.05, 0) is 12.8 Å². The van der Waals surface area contributed by atoms with Crippen molar-refractivity contribution in [2.24, 2.45) is 5.92 Å². The van der Waals surface area contributed by atoms with Crippen molar-refractivity contribution in [3.05, 3.63) is 18.6 Å². The summed E-state index contributed by atoms with van der Waals surface area (Å²) < 4.78 is 0. The first-order valence-corrected chi connectivity index (χ1v) is 4.32. The first-order valence-electron chi connectivity index (χ1n) is 3.45. The Labute approximate surface area is 76.4 Å². The summed E-state index contributed by atoms with van der Waals surface area (Å²) in [4.78, 5) is 10.2. The summed E-state index contributed by atoms with van der Waals surface area (Å²) in [5.74, 6) is -0.335. The van der Waals surface area contributed by atoms with Crippen LogP contribution in [0.2, 0.25) is 0 Å². The van der Waals surface area contributed by atoms with E-state index in [2.05, 4.69) is 6.42 Å². The van der Waals surface area contributed by atoms with Crippen LogP contribution in [0.1, 0.15) is 12.8 Å². The Hall–Kier alpha value is -0.0100. The van der Waals surface area contributed by atoms with E-state index in [1.165, 1.54) is 0 Å². The van der Waals surface area contributed by atoms with Gasteiger partial charge in [-0.2, -0.15) is 0 Å². The second-order valence-electron chi connectivity index (χ2n) is 2.40. The Bertz CT molecular complexity index is 175. The molecule has 0 saturated heterocycles. The maximum atomic E-state index is 11.1. The fourth-order valence-electron chi connectivity index (χ4n) is 0.990. The molecule has 1 atom stereocenters. The number of alkyl halides is 2. The lowest BCUT2D eigenvalue weighted by atomic mass is 9.91. The van der Waals surface area contributed by atoms with Crippen LogP contribution in [0.3, 0.4) is 0 Å². The zero-order valence-electron chi connectivity index (χ0n) is 5.89. The largest absolute Gasteiger partial charge is 0.296 e. The van der Waals surface area contributed by atoms with Crippen LogP contribution in [-0.2, 0) is 4.79 Å². The number of Topliss-reactive ketones (excluding diaryl/α,β-unsaturated/α-hetero) is 1. The Morgan fingerprint density at radius 3 is 2.82 bits per heavy atom. The molecule has 0 spiro atoms. The molecule has 0 amide bonds. The molecular weight excluding hydrogens is 183 g/mol. The summed E-state index contributed by atoms with van der Waals surface area (Å²) in [5.41, 5.74) is 0. The number of hydrogen-bond donors (Lipinski definition) is 0. The quantitative estimate of drug-likeness (QED) is 0.612. The van der Waals surface area contributed by atoms with Gasteiger partial charge in [-0.15, -0.1) is 0 Å². The van der Waals surface area contributed by atoms with Crippen molar-refractivity contribution in [3.8, 4) is 0 Å². The van der Waals surface area contributed by atoms with Gasteiger partial charge in [0.25, 0.3) is 0 Å². The summed E-state index contributed by atoms with van der Waals surface area (Å²) >= 11 is 10.8. The highest BCUT2D eigenvalue weighted by molar-refractivity contribution is 6.54. The molecule has 11 heavy (non-hydrogen) atoms. The molecular formula is C8H8Cl2O. The lowest BCUT2D eigenvalue weighted by Crippen LogP contribution is -2.21. The van der Waals surface area contributed by atoms with Crippen LogP contribution in [0.4, 0.5) is 0 Å². The van der Waals surface area contributed by atoms with Gasteiger partial charge in [-0.25, -0.2) is 0 Å². The monoisotopic (exact) mass is 190 g/mol. The second-order valence-corrected chi connectivity index (χ2v) is 3.50. The molecule has 1 aliphatic carbocycles. The van der Waals surface area contributed by atoms with E-state index in [4.69, 9.17) is 23.2 Å². The van der Waals surface area contributed by atoms with Crippen molar-refractivity contribution < 1.29 is 4.79 Å². The molecule has 0 aromatic heterocycles. The highest BCUT2D eigenvalue weighted by atomic mass is 35.5. The van der Waals surface area contributed by atoms with Gasteiger partial charge in [-0.3, -0.25) is 4.79 Å². The molecule has 60 valence electrons. The smallest absolute Gasteiger partial charge is 0.169 e. The third-order valence-electron chi connectivity index (χ3n) is 1.60. The van der Waals surface area contributed by atoms with Crippen molar-refractivity contribution in [1.29, 1.82) is 0 Å². The van der Waals surface area contributed by atoms with Crippen LogP contribution in [0.5, 0.6) is 0 Å². The van der Waals surface area contributed by atoms with E-state index in [-0.39, 0.29) is 11.7 Å². The molecule has 1 nitrogen and oxygen atoms in total. The molecule has 0 heterocycles. The average Bonchev–Trinajstić information content (AvgIpc) is 2.05. The van der Waals surface area contributed by atoms with Gasteiger partial charge in [0.2, 0.25) is 0 Å². The van der Waals surface area contributed by atoms with Gasteiger partial charge in [-0.1, -0.05) is 35.4 Å². The SMILES string of the molecule is O=C(C(Cl)Cl)C1[C]C=CCC1. The van der Waals surface area contributed by atoms with Crippen LogP contribution in [0.25, 0.3) is 0 Å². The van der Waals surface area contributed by atoms with E-state index in [9.17, 15) is 4.79 Å². The molecule has 1 unspecified atom stereocenters. The predicted molar refractivity (Wildman–Crippen MR) is 45.6 cm³/mol. The van der Waals surface area contributed by atoms with Gasteiger partial charge in [0.1, 0.15) is 0 Å². The van der Waals surface area contributed by atoms with E-state index in [0.29, 0.717) is 0 Å². The van der Waals surface area contributed by atoms with E-state index in [1.807, 2.05) is 6.08 Å². The first-order chi connectivity index (χ1) is 5.22. The number of carbonyl (C=O) groups excluding carboxylic acids is 1. The number of rotatable bonds is 2. The molecule has 2 radical (unpaired) electrons. The second kappa shape index (κ2) is 4.13. The molecule has 0 aliphatic heterocycles. The first kappa shape index (κ1) is 9.08.